The number of benzene rings is 1. The molecule has 0 bridgehead atoms. The van der Waals surface area contributed by atoms with Crippen molar-refractivity contribution in [2.45, 2.75) is 38.1 Å². The van der Waals surface area contributed by atoms with Crippen LogP contribution in [0.1, 0.15) is 52.0 Å². The molecule has 0 spiro atoms. The van der Waals surface area contributed by atoms with Crippen molar-refractivity contribution in [3.05, 3.63) is 34.9 Å². The highest BCUT2D eigenvalue weighted by Gasteiger charge is 2.44. The molecule has 0 aromatic heterocycles. The van der Waals surface area contributed by atoms with Crippen LogP contribution < -0.4 is 5.32 Å². The van der Waals surface area contributed by atoms with Gasteiger partial charge in [0.15, 0.2) is 0 Å². The van der Waals surface area contributed by atoms with Gasteiger partial charge in [-0.1, -0.05) is 12.1 Å². The molecule has 0 radical (unpaired) electrons. The summed E-state index contributed by atoms with van der Waals surface area (Å²) >= 11 is 0. The van der Waals surface area contributed by atoms with Crippen molar-refractivity contribution in [2.24, 2.45) is 0 Å². The van der Waals surface area contributed by atoms with Crippen LogP contribution in [0.3, 0.4) is 0 Å². The van der Waals surface area contributed by atoms with Crippen LogP contribution in [0, 0.1) is 0 Å². The number of carboxylic acids is 1. The third-order valence-electron chi connectivity index (χ3n) is 4.40. The standard InChI is InChI=1S/C17H16N2O6/c20-12-6-2-5-11(15(23)18-12)19-16(24)10-4-1-3-9(7-8-13(21)22)14(10)17(19)25/h1,3-4,11H,2,5-8H2,(H,21,22)(H,18,20,23). The molecule has 1 atom stereocenters. The Bertz CT molecular complexity index is 800. The molecule has 1 aromatic carbocycles. The molecular formula is C17H16N2O6. The third-order valence-corrected chi connectivity index (χ3v) is 4.40. The maximum atomic E-state index is 12.8. The molecule has 2 aliphatic rings. The molecule has 25 heavy (non-hydrogen) atoms. The average molecular weight is 344 g/mol. The Kier molecular flexibility index (Phi) is 4.35. The summed E-state index contributed by atoms with van der Waals surface area (Å²) in [5, 5.41) is 11.0. The number of aliphatic carboxylic acids is 1. The van der Waals surface area contributed by atoms with Crippen LogP contribution in [-0.4, -0.2) is 45.6 Å². The van der Waals surface area contributed by atoms with Gasteiger partial charge in [0.2, 0.25) is 11.8 Å². The minimum absolute atomic E-state index is 0.112. The lowest BCUT2D eigenvalue weighted by Gasteiger charge is -2.23. The molecular weight excluding hydrogens is 328 g/mol. The van der Waals surface area contributed by atoms with Gasteiger partial charge in [-0.15, -0.1) is 0 Å². The highest BCUT2D eigenvalue weighted by Crippen LogP contribution is 2.30. The largest absolute Gasteiger partial charge is 0.481 e. The molecule has 0 aliphatic carbocycles. The van der Waals surface area contributed by atoms with Crippen LogP contribution >= 0.6 is 0 Å². The molecule has 1 unspecified atom stereocenters. The van der Waals surface area contributed by atoms with Gasteiger partial charge in [-0.05, 0) is 30.9 Å². The Hall–Kier alpha value is -3.03. The number of carbonyl (C=O) groups excluding carboxylic acids is 4. The van der Waals surface area contributed by atoms with E-state index in [9.17, 15) is 24.0 Å². The molecule has 2 heterocycles. The van der Waals surface area contributed by atoms with Crippen molar-refractivity contribution >= 4 is 29.6 Å². The topological polar surface area (TPSA) is 121 Å². The first kappa shape index (κ1) is 16.8. The zero-order chi connectivity index (χ0) is 18.1. The fourth-order valence-electron chi connectivity index (χ4n) is 3.22. The Morgan fingerprint density at radius 2 is 1.96 bits per heavy atom. The predicted octanol–water partition coefficient (Wildman–Crippen LogP) is 0.495. The summed E-state index contributed by atoms with van der Waals surface area (Å²) in [6.45, 7) is 0. The van der Waals surface area contributed by atoms with Gasteiger partial charge in [-0.25, -0.2) is 0 Å². The van der Waals surface area contributed by atoms with Crippen molar-refractivity contribution in [1.29, 1.82) is 0 Å². The summed E-state index contributed by atoms with van der Waals surface area (Å²) in [5.41, 5.74) is 0.777. The van der Waals surface area contributed by atoms with E-state index in [0.29, 0.717) is 12.0 Å². The molecule has 3 rings (SSSR count). The third kappa shape index (κ3) is 3.02. The second-order valence-electron chi connectivity index (χ2n) is 6.03. The van der Waals surface area contributed by atoms with E-state index in [1.807, 2.05) is 0 Å². The lowest BCUT2D eigenvalue weighted by Crippen LogP contribution is -2.49. The molecule has 4 amide bonds. The Morgan fingerprint density at radius 3 is 2.68 bits per heavy atom. The van der Waals surface area contributed by atoms with Crippen molar-refractivity contribution in [3.63, 3.8) is 0 Å². The van der Waals surface area contributed by atoms with Crippen LogP contribution in [0.2, 0.25) is 0 Å². The normalized spacial score (nSPS) is 20.3. The molecule has 0 saturated carbocycles. The molecule has 8 heteroatoms. The summed E-state index contributed by atoms with van der Waals surface area (Å²) in [6, 6.07) is 3.64. The number of aryl methyl sites for hydroxylation is 1. The molecule has 2 N–H and O–H groups in total. The summed E-state index contributed by atoms with van der Waals surface area (Å²) in [7, 11) is 0. The Labute approximate surface area is 142 Å². The zero-order valence-electron chi connectivity index (χ0n) is 13.3. The number of nitrogens with one attached hydrogen (secondary N) is 1. The van der Waals surface area contributed by atoms with Crippen molar-refractivity contribution < 1.29 is 29.1 Å². The molecule has 1 fully saturated rings. The highest BCUT2D eigenvalue weighted by atomic mass is 16.4. The second-order valence-corrected chi connectivity index (χ2v) is 6.03. The minimum atomic E-state index is -1.04. The van der Waals surface area contributed by atoms with Crippen LogP contribution in [0.4, 0.5) is 0 Å². The summed E-state index contributed by atoms with van der Waals surface area (Å²) in [5.74, 6) is -3.30. The molecule has 2 aliphatic heterocycles. The van der Waals surface area contributed by atoms with Crippen LogP contribution in [-0.2, 0) is 20.8 Å². The fourth-order valence-corrected chi connectivity index (χ4v) is 3.22. The Morgan fingerprint density at radius 1 is 1.20 bits per heavy atom. The Balaban J connectivity index is 1.94. The number of imide groups is 2. The average Bonchev–Trinajstić information content (AvgIpc) is 2.70. The van der Waals surface area contributed by atoms with Gasteiger partial charge >= 0.3 is 5.97 Å². The number of rotatable bonds is 4. The molecule has 1 saturated heterocycles. The van der Waals surface area contributed by atoms with Gasteiger partial charge in [-0.3, -0.25) is 34.2 Å². The minimum Gasteiger partial charge on any atom is -0.481 e. The van der Waals surface area contributed by atoms with Gasteiger partial charge in [0.25, 0.3) is 11.8 Å². The lowest BCUT2D eigenvalue weighted by atomic mass is 9.99. The van der Waals surface area contributed by atoms with E-state index in [0.717, 1.165) is 4.90 Å². The van der Waals surface area contributed by atoms with Gasteiger partial charge in [0.1, 0.15) is 6.04 Å². The van der Waals surface area contributed by atoms with Gasteiger partial charge < -0.3 is 5.11 Å². The number of hydrogen-bond donors (Lipinski definition) is 2. The first-order valence-electron chi connectivity index (χ1n) is 7.95. The number of fused-ring (bicyclic) bond motifs is 1. The maximum absolute atomic E-state index is 12.8. The van der Waals surface area contributed by atoms with Crippen LogP contribution in [0.15, 0.2) is 18.2 Å². The van der Waals surface area contributed by atoms with E-state index in [4.69, 9.17) is 5.11 Å². The zero-order valence-corrected chi connectivity index (χ0v) is 13.3. The van der Waals surface area contributed by atoms with Crippen molar-refractivity contribution in [3.8, 4) is 0 Å². The van der Waals surface area contributed by atoms with Gasteiger partial charge in [0, 0.05) is 12.8 Å². The summed E-state index contributed by atoms with van der Waals surface area (Å²) in [6.07, 6.45) is 0.710. The van der Waals surface area contributed by atoms with E-state index in [1.54, 1.807) is 12.1 Å². The summed E-state index contributed by atoms with van der Waals surface area (Å²) in [4.78, 5) is 60.8. The van der Waals surface area contributed by atoms with E-state index in [1.165, 1.54) is 6.07 Å². The number of hydrogen-bond acceptors (Lipinski definition) is 5. The molecule has 8 nitrogen and oxygen atoms in total. The molecule has 130 valence electrons. The molecule has 1 aromatic rings. The number of nitrogens with zero attached hydrogens (tertiary/aromatic N) is 1. The lowest BCUT2D eigenvalue weighted by molar-refractivity contribution is -0.137. The monoisotopic (exact) mass is 344 g/mol. The van der Waals surface area contributed by atoms with E-state index in [-0.39, 0.29) is 36.8 Å². The van der Waals surface area contributed by atoms with Crippen LogP contribution in [0.5, 0.6) is 0 Å². The maximum Gasteiger partial charge on any atom is 0.303 e. The SMILES string of the molecule is O=C(O)CCc1cccc2c1C(=O)N(C1CCCC(=O)NC1=O)C2=O. The van der Waals surface area contributed by atoms with Crippen molar-refractivity contribution in [1.82, 2.24) is 10.2 Å². The first-order chi connectivity index (χ1) is 11.9. The highest BCUT2D eigenvalue weighted by molar-refractivity contribution is 6.23. The second kappa shape index (κ2) is 6.46. The fraction of sp³-hybridized carbons (Fsp3) is 0.353. The summed E-state index contributed by atoms with van der Waals surface area (Å²) < 4.78 is 0. The van der Waals surface area contributed by atoms with Crippen LogP contribution in [0.25, 0.3) is 0 Å². The van der Waals surface area contributed by atoms with E-state index < -0.39 is 35.6 Å². The van der Waals surface area contributed by atoms with Gasteiger partial charge in [-0.2, -0.15) is 0 Å². The predicted molar refractivity (Wildman–Crippen MR) is 83.7 cm³/mol. The number of carbonyl (C=O) groups is 5. The smallest absolute Gasteiger partial charge is 0.303 e. The van der Waals surface area contributed by atoms with Crippen molar-refractivity contribution in [2.75, 3.05) is 0 Å². The first-order valence-corrected chi connectivity index (χ1v) is 7.95. The quantitative estimate of drug-likeness (QED) is 0.767. The van der Waals surface area contributed by atoms with E-state index in [2.05, 4.69) is 5.32 Å². The number of amides is 4. The van der Waals surface area contributed by atoms with Gasteiger partial charge in [0.05, 0.1) is 11.1 Å². The van der Waals surface area contributed by atoms with E-state index >= 15 is 0 Å². The number of carboxylic acid groups (broad SMARTS) is 1.